The highest BCUT2D eigenvalue weighted by Gasteiger charge is 2.39. The first-order valence-corrected chi connectivity index (χ1v) is 11.3. The number of hydrogen-bond acceptors (Lipinski definition) is 2. The largest absolute Gasteiger partial charge is 0.416 e. The molecule has 2 aliphatic heterocycles. The number of carbonyl (C=O) groups is 1. The second-order valence-corrected chi connectivity index (χ2v) is 9.10. The van der Waals surface area contributed by atoms with E-state index in [0.717, 1.165) is 48.7 Å². The third-order valence-electron chi connectivity index (χ3n) is 6.33. The van der Waals surface area contributed by atoms with Crippen LogP contribution in [0.25, 0.3) is 6.08 Å². The Morgan fingerprint density at radius 1 is 1.09 bits per heavy atom. The summed E-state index contributed by atoms with van der Waals surface area (Å²) < 4.78 is 39.2. The van der Waals surface area contributed by atoms with Gasteiger partial charge in [-0.05, 0) is 48.1 Å². The van der Waals surface area contributed by atoms with Gasteiger partial charge in [-0.1, -0.05) is 54.1 Å². The highest BCUT2D eigenvalue weighted by molar-refractivity contribution is 6.31. The summed E-state index contributed by atoms with van der Waals surface area (Å²) >= 11 is 6.50. The molecule has 2 aliphatic rings. The molecule has 0 saturated carbocycles. The van der Waals surface area contributed by atoms with E-state index in [-0.39, 0.29) is 18.5 Å². The summed E-state index contributed by atoms with van der Waals surface area (Å²) in [5.41, 5.74) is 0.902. The molecule has 2 saturated heterocycles. The van der Waals surface area contributed by atoms with Gasteiger partial charge < -0.3 is 4.90 Å². The Balaban J connectivity index is 1.41. The molecule has 0 aromatic heterocycles. The smallest absolute Gasteiger partial charge is 0.335 e. The number of nitrogens with zero attached hydrogens (tertiary/aromatic N) is 2. The first-order chi connectivity index (χ1) is 15.3. The lowest BCUT2D eigenvalue weighted by atomic mass is 9.83. The lowest BCUT2D eigenvalue weighted by molar-refractivity contribution is -0.141. The maximum absolute atomic E-state index is 13.1. The third kappa shape index (κ3) is 5.54. The van der Waals surface area contributed by atoms with Crippen molar-refractivity contribution < 1.29 is 18.0 Å². The average Bonchev–Trinajstić information content (AvgIpc) is 2.76. The Labute approximate surface area is 191 Å². The highest BCUT2D eigenvalue weighted by atomic mass is 35.5. The number of rotatable bonds is 5. The minimum atomic E-state index is -4.39. The molecule has 1 amide bonds. The molecule has 0 radical (unpaired) electrons. The second-order valence-electron chi connectivity index (χ2n) is 8.61. The predicted octanol–water partition coefficient (Wildman–Crippen LogP) is 5.80. The number of hydrogen-bond donors (Lipinski definition) is 0. The van der Waals surface area contributed by atoms with Gasteiger partial charge in [-0.25, -0.2) is 0 Å². The van der Waals surface area contributed by atoms with Crippen molar-refractivity contribution in [2.75, 3.05) is 19.6 Å². The lowest BCUT2D eigenvalue weighted by Crippen LogP contribution is -2.55. The van der Waals surface area contributed by atoms with Gasteiger partial charge in [0.1, 0.15) is 0 Å². The highest BCUT2D eigenvalue weighted by Crippen LogP contribution is 2.34. The van der Waals surface area contributed by atoms with Crippen LogP contribution >= 0.6 is 11.6 Å². The molecule has 0 N–H and O–H groups in total. The molecule has 2 aromatic carbocycles. The fraction of sp³-hybridized carbons (Fsp3) is 0.400. The van der Waals surface area contributed by atoms with E-state index >= 15 is 0 Å². The van der Waals surface area contributed by atoms with Gasteiger partial charge in [0.15, 0.2) is 0 Å². The van der Waals surface area contributed by atoms with E-state index in [0.29, 0.717) is 24.4 Å². The van der Waals surface area contributed by atoms with Crippen LogP contribution in [-0.4, -0.2) is 41.4 Å². The molecule has 170 valence electrons. The second kappa shape index (κ2) is 9.67. The van der Waals surface area contributed by atoms with Gasteiger partial charge in [0, 0.05) is 43.7 Å². The van der Waals surface area contributed by atoms with Gasteiger partial charge in [0.2, 0.25) is 5.91 Å². The Bertz CT molecular complexity index is 977. The van der Waals surface area contributed by atoms with Crippen molar-refractivity contribution in [2.45, 2.75) is 38.0 Å². The van der Waals surface area contributed by atoms with Crippen LogP contribution in [0.3, 0.4) is 0 Å². The Morgan fingerprint density at radius 3 is 2.62 bits per heavy atom. The quantitative estimate of drug-likeness (QED) is 0.560. The van der Waals surface area contributed by atoms with Crippen LogP contribution in [0, 0.1) is 5.92 Å². The maximum atomic E-state index is 13.1. The molecule has 0 bridgehead atoms. The molecule has 0 aliphatic carbocycles. The first-order valence-electron chi connectivity index (χ1n) is 10.9. The molecule has 4 rings (SSSR count). The van der Waals surface area contributed by atoms with E-state index in [4.69, 9.17) is 11.6 Å². The van der Waals surface area contributed by atoms with Gasteiger partial charge in [-0.3, -0.25) is 9.69 Å². The fourth-order valence-corrected chi connectivity index (χ4v) is 5.10. The van der Waals surface area contributed by atoms with E-state index in [1.807, 2.05) is 36.4 Å². The minimum Gasteiger partial charge on any atom is -0.335 e. The Morgan fingerprint density at radius 2 is 1.88 bits per heavy atom. The minimum absolute atomic E-state index is 0.0270. The number of carbonyl (C=O) groups excluding carboxylic acids is 1. The zero-order valence-electron chi connectivity index (χ0n) is 17.7. The molecule has 3 nitrogen and oxygen atoms in total. The van der Waals surface area contributed by atoms with E-state index in [2.05, 4.69) is 4.90 Å². The zero-order valence-corrected chi connectivity index (χ0v) is 18.4. The van der Waals surface area contributed by atoms with Crippen LogP contribution in [0.2, 0.25) is 0 Å². The van der Waals surface area contributed by atoms with Crippen LogP contribution in [-0.2, 0) is 17.5 Å². The molecule has 7 heteroatoms. The molecular weight excluding hydrogens is 437 g/mol. The summed E-state index contributed by atoms with van der Waals surface area (Å²) in [6.45, 7) is 2.50. The predicted molar refractivity (Wildman–Crippen MR) is 120 cm³/mol. The van der Waals surface area contributed by atoms with Crippen molar-refractivity contribution in [3.05, 3.63) is 76.3 Å². The number of alkyl halides is 3. The van der Waals surface area contributed by atoms with E-state index in [1.54, 1.807) is 11.0 Å². The SMILES string of the molecule is O=C1CC[C@@H]2CN(CC(Cl)=Cc3ccccc3)CC[C@@H]2N1Cc1cccc(C(F)(F)F)c1. The number of fused-ring (bicyclic) bond motifs is 1. The van der Waals surface area contributed by atoms with Crippen LogP contribution < -0.4 is 0 Å². The molecule has 32 heavy (non-hydrogen) atoms. The first kappa shape index (κ1) is 22.9. The maximum Gasteiger partial charge on any atom is 0.416 e. The molecular formula is C25H26ClF3N2O. The van der Waals surface area contributed by atoms with E-state index < -0.39 is 11.7 Å². The normalized spacial score (nSPS) is 22.7. The third-order valence-corrected chi connectivity index (χ3v) is 6.56. The molecule has 2 aromatic rings. The summed E-state index contributed by atoms with van der Waals surface area (Å²) in [5.74, 6) is 0.326. The molecule has 2 fully saturated rings. The van der Waals surface area contributed by atoms with E-state index in [1.165, 1.54) is 6.07 Å². The standard InChI is InChI=1S/C25H26ClF3N2O/c26-22(14-18-5-2-1-3-6-18)17-30-12-11-23-20(16-30)9-10-24(32)31(23)15-19-7-4-8-21(13-19)25(27,28)29/h1-8,13-14,20,23H,9-12,15-17H2/t20-,23+/m1/s1. The Hall–Kier alpha value is -2.31. The van der Waals surface area contributed by atoms with Crippen molar-refractivity contribution in [1.82, 2.24) is 9.80 Å². The fourth-order valence-electron chi connectivity index (χ4n) is 4.81. The van der Waals surface area contributed by atoms with Crippen molar-refractivity contribution in [2.24, 2.45) is 5.92 Å². The lowest BCUT2D eigenvalue weighted by Gasteiger charge is -2.47. The van der Waals surface area contributed by atoms with Gasteiger partial charge in [-0.15, -0.1) is 0 Å². The van der Waals surface area contributed by atoms with Crippen molar-refractivity contribution in [3.63, 3.8) is 0 Å². The van der Waals surface area contributed by atoms with Gasteiger partial charge in [0.05, 0.1) is 5.56 Å². The monoisotopic (exact) mass is 462 g/mol. The van der Waals surface area contributed by atoms with Crippen LogP contribution in [0.1, 0.15) is 36.0 Å². The summed E-state index contributed by atoms with van der Waals surface area (Å²) in [6.07, 6.45) is -0.383. The van der Waals surface area contributed by atoms with Crippen LogP contribution in [0.4, 0.5) is 13.2 Å². The number of likely N-dealkylation sites (tertiary alicyclic amines) is 2. The zero-order chi connectivity index (χ0) is 22.7. The number of piperidine rings is 2. The summed E-state index contributed by atoms with van der Waals surface area (Å²) in [6, 6.07) is 15.3. The molecule has 0 unspecified atom stereocenters. The van der Waals surface area contributed by atoms with Crippen LogP contribution in [0.15, 0.2) is 59.6 Å². The van der Waals surface area contributed by atoms with Gasteiger partial charge in [0.25, 0.3) is 0 Å². The van der Waals surface area contributed by atoms with Crippen LogP contribution in [0.5, 0.6) is 0 Å². The average molecular weight is 463 g/mol. The number of benzene rings is 2. The number of amides is 1. The van der Waals surface area contributed by atoms with Crippen molar-refractivity contribution in [1.29, 1.82) is 0 Å². The molecule has 0 spiro atoms. The summed E-state index contributed by atoms with van der Waals surface area (Å²) in [7, 11) is 0. The topological polar surface area (TPSA) is 23.6 Å². The summed E-state index contributed by atoms with van der Waals surface area (Å²) in [5, 5.41) is 0.766. The van der Waals surface area contributed by atoms with Gasteiger partial charge in [-0.2, -0.15) is 13.2 Å². The van der Waals surface area contributed by atoms with E-state index in [9.17, 15) is 18.0 Å². The van der Waals surface area contributed by atoms with Crippen molar-refractivity contribution in [3.8, 4) is 0 Å². The van der Waals surface area contributed by atoms with Gasteiger partial charge >= 0.3 is 6.18 Å². The molecule has 2 heterocycles. The number of halogens is 4. The summed E-state index contributed by atoms with van der Waals surface area (Å²) in [4.78, 5) is 16.8. The molecule has 2 atom stereocenters. The Kier molecular flexibility index (Phi) is 6.91. The van der Waals surface area contributed by atoms with Crippen molar-refractivity contribution >= 4 is 23.6 Å².